The zero-order valence-electron chi connectivity index (χ0n) is 8.08. The molecule has 0 fully saturated rings. The SMILES string of the molecule is CC(C)(C(F)F)C(F)Oc1nnc(N)s1. The van der Waals surface area contributed by atoms with Gasteiger partial charge in [-0.3, -0.25) is 0 Å². The highest BCUT2D eigenvalue weighted by Gasteiger charge is 2.41. The van der Waals surface area contributed by atoms with Crippen molar-refractivity contribution in [3.05, 3.63) is 0 Å². The van der Waals surface area contributed by atoms with E-state index in [1.807, 2.05) is 0 Å². The summed E-state index contributed by atoms with van der Waals surface area (Å²) in [7, 11) is 0. The number of hydrogen-bond acceptors (Lipinski definition) is 5. The number of rotatable bonds is 4. The van der Waals surface area contributed by atoms with Crippen molar-refractivity contribution in [2.45, 2.75) is 26.6 Å². The van der Waals surface area contributed by atoms with E-state index >= 15 is 0 Å². The Kier molecular flexibility index (Phi) is 3.38. The summed E-state index contributed by atoms with van der Waals surface area (Å²) in [5.41, 5.74) is 3.32. The fraction of sp³-hybridized carbons (Fsp3) is 0.714. The van der Waals surface area contributed by atoms with Crippen molar-refractivity contribution in [1.82, 2.24) is 10.2 Å². The largest absolute Gasteiger partial charge is 0.433 e. The second-order valence-corrected chi connectivity index (χ2v) is 4.43. The van der Waals surface area contributed by atoms with Crippen LogP contribution in [0.3, 0.4) is 0 Å². The Hall–Kier alpha value is -1.05. The Morgan fingerprint density at radius 3 is 2.33 bits per heavy atom. The minimum atomic E-state index is -2.84. The maximum atomic E-state index is 13.3. The van der Waals surface area contributed by atoms with Gasteiger partial charge in [0, 0.05) is 0 Å². The Morgan fingerprint density at radius 2 is 1.93 bits per heavy atom. The number of halogens is 3. The average molecular weight is 241 g/mol. The molecule has 1 atom stereocenters. The minimum absolute atomic E-state index is 0.0899. The molecule has 1 aromatic rings. The van der Waals surface area contributed by atoms with Gasteiger partial charge in [0.05, 0.1) is 5.41 Å². The summed E-state index contributed by atoms with van der Waals surface area (Å²) in [6.07, 6.45) is -5.00. The van der Waals surface area contributed by atoms with E-state index in [0.29, 0.717) is 0 Å². The van der Waals surface area contributed by atoms with Gasteiger partial charge in [0.15, 0.2) is 0 Å². The lowest BCUT2D eigenvalue weighted by atomic mass is 9.94. The highest BCUT2D eigenvalue weighted by atomic mass is 32.1. The van der Waals surface area contributed by atoms with Crippen molar-refractivity contribution in [2.75, 3.05) is 5.73 Å². The molecule has 0 aliphatic rings. The summed E-state index contributed by atoms with van der Waals surface area (Å²) >= 11 is 0.792. The molecule has 8 heteroatoms. The van der Waals surface area contributed by atoms with Gasteiger partial charge in [0.25, 0.3) is 11.6 Å². The second-order valence-electron chi connectivity index (χ2n) is 3.46. The molecule has 0 aliphatic carbocycles. The van der Waals surface area contributed by atoms with Crippen molar-refractivity contribution in [2.24, 2.45) is 5.41 Å². The summed E-state index contributed by atoms with van der Waals surface area (Å²) in [4.78, 5) is 0. The molecule has 0 aliphatic heterocycles. The zero-order chi connectivity index (χ0) is 11.6. The van der Waals surface area contributed by atoms with E-state index in [9.17, 15) is 13.2 Å². The van der Waals surface area contributed by atoms with Crippen LogP contribution in [0.5, 0.6) is 5.19 Å². The molecule has 1 rings (SSSR count). The van der Waals surface area contributed by atoms with Gasteiger partial charge in [-0.15, -0.1) is 5.10 Å². The van der Waals surface area contributed by atoms with Crippen LogP contribution in [0.15, 0.2) is 0 Å². The van der Waals surface area contributed by atoms with E-state index in [1.165, 1.54) is 0 Å². The van der Waals surface area contributed by atoms with Crippen LogP contribution >= 0.6 is 11.3 Å². The smallest absolute Gasteiger partial charge is 0.298 e. The third-order valence-electron chi connectivity index (χ3n) is 1.77. The molecule has 0 saturated heterocycles. The van der Waals surface area contributed by atoms with Crippen molar-refractivity contribution in [3.8, 4) is 5.19 Å². The number of alkyl halides is 3. The zero-order valence-corrected chi connectivity index (χ0v) is 8.89. The normalized spacial score (nSPS) is 14.3. The van der Waals surface area contributed by atoms with Gasteiger partial charge >= 0.3 is 0 Å². The Labute approximate surface area is 88.3 Å². The van der Waals surface area contributed by atoms with Gasteiger partial charge in [-0.05, 0) is 25.2 Å². The number of ether oxygens (including phenoxy) is 1. The van der Waals surface area contributed by atoms with Gasteiger partial charge in [0.2, 0.25) is 11.6 Å². The number of nitrogens with zero attached hydrogens (tertiary/aromatic N) is 2. The molecule has 15 heavy (non-hydrogen) atoms. The summed E-state index contributed by atoms with van der Waals surface area (Å²) in [6.45, 7) is 2.12. The molecule has 0 aromatic carbocycles. The molecule has 0 spiro atoms. The van der Waals surface area contributed by atoms with Crippen LogP contribution in [-0.4, -0.2) is 23.0 Å². The molecule has 86 valence electrons. The molecule has 4 nitrogen and oxygen atoms in total. The number of anilines is 1. The van der Waals surface area contributed by atoms with E-state index in [4.69, 9.17) is 5.73 Å². The quantitative estimate of drug-likeness (QED) is 0.876. The van der Waals surface area contributed by atoms with Gasteiger partial charge in [-0.2, -0.15) is 0 Å². The molecular weight excluding hydrogens is 231 g/mol. The number of aromatic nitrogens is 2. The number of hydrogen-bond donors (Lipinski definition) is 1. The Balaban J connectivity index is 2.67. The molecule has 1 heterocycles. The van der Waals surface area contributed by atoms with E-state index in [2.05, 4.69) is 14.9 Å². The molecule has 1 aromatic heterocycles. The summed E-state index contributed by atoms with van der Waals surface area (Å²) in [6, 6.07) is 0. The lowest BCUT2D eigenvalue weighted by Crippen LogP contribution is -2.36. The first kappa shape index (κ1) is 12.0. The van der Waals surface area contributed by atoms with Crippen molar-refractivity contribution in [3.63, 3.8) is 0 Å². The lowest BCUT2D eigenvalue weighted by Gasteiger charge is -2.26. The summed E-state index contributed by atoms with van der Waals surface area (Å²) in [5.74, 6) is 0. The van der Waals surface area contributed by atoms with Crippen LogP contribution in [0.2, 0.25) is 0 Å². The molecular formula is C7H10F3N3OS. The van der Waals surface area contributed by atoms with Crippen LogP contribution < -0.4 is 10.5 Å². The topological polar surface area (TPSA) is 61.0 Å². The van der Waals surface area contributed by atoms with Crippen molar-refractivity contribution in [1.29, 1.82) is 0 Å². The average Bonchev–Trinajstić information content (AvgIpc) is 2.50. The molecule has 0 radical (unpaired) electrons. The molecule has 1 unspecified atom stereocenters. The standard InChI is InChI=1S/C7H10F3N3OS/c1-7(2,3(8)9)4(10)14-6-13-12-5(11)15-6/h3-4H,1-2H3,(H2,11,12). The monoisotopic (exact) mass is 241 g/mol. The van der Waals surface area contributed by atoms with E-state index < -0.39 is 18.2 Å². The first-order chi connectivity index (χ1) is 6.84. The van der Waals surface area contributed by atoms with Gasteiger partial charge in [-0.1, -0.05) is 5.10 Å². The fourth-order valence-corrected chi connectivity index (χ4v) is 1.08. The molecule has 0 bridgehead atoms. The molecule has 0 saturated carbocycles. The maximum absolute atomic E-state index is 13.3. The second kappa shape index (κ2) is 4.21. The van der Waals surface area contributed by atoms with Crippen LogP contribution in [0.25, 0.3) is 0 Å². The lowest BCUT2D eigenvalue weighted by molar-refractivity contribution is -0.114. The van der Waals surface area contributed by atoms with Gasteiger partial charge in [-0.25, -0.2) is 13.2 Å². The first-order valence-electron chi connectivity index (χ1n) is 4.02. The molecule has 2 N–H and O–H groups in total. The van der Waals surface area contributed by atoms with Crippen LogP contribution in [0.1, 0.15) is 13.8 Å². The number of nitrogen functional groups attached to an aromatic ring is 1. The van der Waals surface area contributed by atoms with E-state index in [0.717, 1.165) is 25.2 Å². The van der Waals surface area contributed by atoms with Crippen molar-refractivity contribution < 1.29 is 17.9 Å². The third kappa shape index (κ3) is 2.71. The predicted octanol–water partition coefficient (Wildman–Crippen LogP) is 2.09. The van der Waals surface area contributed by atoms with Crippen LogP contribution in [-0.2, 0) is 0 Å². The third-order valence-corrected chi connectivity index (χ3v) is 2.42. The van der Waals surface area contributed by atoms with Crippen LogP contribution in [0, 0.1) is 5.41 Å². The van der Waals surface area contributed by atoms with Gasteiger partial charge in [0.1, 0.15) is 0 Å². The summed E-state index contributed by atoms with van der Waals surface area (Å²) in [5, 5.41) is 6.66. The Morgan fingerprint density at radius 1 is 1.33 bits per heavy atom. The maximum Gasteiger partial charge on any atom is 0.298 e. The fourth-order valence-electron chi connectivity index (χ4n) is 0.607. The molecule has 0 amide bonds. The first-order valence-corrected chi connectivity index (χ1v) is 4.83. The Bertz CT molecular complexity index is 331. The predicted molar refractivity (Wildman–Crippen MR) is 49.6 cm³/mol. The van der Waals surface area contributed by atoms with Crippen molar-refractivity contribution >= 4 is 16.5 Å². The van der Waals surface area contributed by atoms with E-state index in [-0.39, 0.29) is 10.3 Å². The van der Waals surface area contributed by atoms with Gasteiger partial charge < -0.3 is 10.5 Å². The highest BCUT2D eigenvalue weighted by molar-refractivity contribution is 7.16. The minimum Gasteiger partial charge on any atom is -0.433 e. The number of nitrogens with two attached hydrogens (primary N) is 1. The highest BCUT2D eigenvalue weighted by Crippen LogP contribution is 2.33. The van der Waals surface area contributed by atoms with Crippen LogP contribution in [0.4, 0.5) is 18.3 Å². The summed E-state index contributed by atoms with van der Waals surface area (Å²) < 4.78 is 42.7. The van der Waals surface area contributed by atoms with E-state index in [1.54, 1.807) is 0 Å².